The summed E-state index contributed by atoms with van der Waals surface area (Å²) in [5.41, 5.74) is 0. The molecular formula is C8H13N3OS. The summed E-state index contributed by atoms with van der Waals surface area (Å²) in [5.74, 6) is 0. The summed E-state index contributed by atoms with van der Waals surface area (Å²) >= 11 is 0. The van der Waals surface area contributed by atoms with Gasteiger partial charge >= 0.3 is 0 Å². The van der Waals surface area contributed by atoms with Crippen LogP contribution in [0.25, 0.3) is 0 Å². The van der Waals surface area contributed by atoms with Crippen LogP contribution in [0.15, 0.2) is 17.8 Å². The fourth-order valence-corrected chi connectivity index (χ4v) is 1.49. The first-order chi connectivity index (χ1) is 6.04. The molecule has 0 aromatic rings. The van der Waals surface area contributed by atoms with E-state index in [0.29, 0.717) is 5.17 Å². The van der Waals surface area contributed by atoms with E-state index in [1.54, 1.807) is 18.9 Å². The van der Waals surface area contributed by atoms with Gasteiger partial charge in [-0.25, -0.2) is 4.99 Å². The molecule has 0 aromatic heterocycles. The van der Waals surface area contributed by atoms with Gasteiger partial charge in [0.05, 0.1) is 16.9 Å². The number of hydrogen-bond acceptors (Lipinski definition) is 3. The zero-order chi connectivity index (χ0) is 10.4. The molecule has 0 aliphatic heterocycles. The van der Waals surface area contributed by atoms with Crippen LogP contribution >= 0.6 is 0 Å². The van der Waals surface area contributed by atoms with Gasteiger partial charge in [0.2, 0.25) is 0 Å². The van der Waals surface area contributed by atoms with Crippen LogP contribution in [0.5, 0.6) is 0 Å². The monoisotopic (exact) mass is 199 g/mol. The summed E-state index contributed by atoms with van der Waals surface area (Å²) in [6, 6.07) is 1.69. The van der Waals surface area contributed by atoms with Gasteiger partial charge in [0.25, 0.3) is 0 Å². The van der Waals surface area contributed by atoms with Crippen molar-refractivity contribution >= 4 is 16.0 Å². The fraction of sp³-hybridized carbons (Fsp3) is 0.500. The number of nitrogens with zero attached hydrogens (tertiary/aromatic N) is 3. The Morgan fingerprint density at radius 3 is 2.69 bits per heavy atom. The Morgan fingerprint density at radius 1 is 1.85 bits per heavy atom. The van der Waals surface area contributed by atoms with Gasteiger partial charge < -0.3 is 4.90 Å². The topological polar surface area (TPSA) is 56.5 Å². The molecule has 2 atom stereocenters. The van der Waals surface area contributed by atoms with Gasteiger partial charge in [0.1, 0.15) is 6.04 Å². The molecule has 0 aliphatic rings. The van der Waals surface area contributed by atoms with Gasteiger partial charge in [-0.3, -0.25) is 4.21 Å². The number of rotatable bonds is 2. The minimum Gasteiger partial charge on any atom is -0.336 e. The first kappa shape index (κ1) is 11.8. The summed E-state index contributed by atoms with van der Waals surface area (Å²) in [5, 5.41) is 9.00. The Bertz CT molecular complexity index is 280. The number of nitriles is 1. The Morgan fingerprint density at radius 2 is 2.38 bits per heavy atom. The molecule has 0 heterocycles. The molecule has 0 amide bonds. The van der Waals surface area contributed by atoms with Gasteiger partial charge in [0.15, 0.2) is 5.17 Å². The Kier molecular flexibility index (Phi) is 5.00. The highest BCUT2D eigenvalue weighted by Gasteiger charge is 2.15. The van der Waals surface area contributed by atoms with Crippen LogP contribution in [0.4, 0.5) is 0 Å². The van der Waals surface area contributed by atoms with Crippen molar-refractivity contribution in [3.05, 3.63) is 12.8 Å². The zero-order valence-corrected chi connectivity index (χ0v) is 8.84. The van der Waals surface area contributed by atoms with Crippen LogP contribution in [0, 0.1) is 11.3 Å². The average Bonchev–Trinajstić information content (AvgIpc) is 2.11. The molecule has 0 N–H and O–H groups in total. The summed E-state index contributed by atoms with van der Waals surface area (Å²) in [6.45, 7) is 5.13. The van der Waals surface area contributed by atoms with Gasteiger partial charge in [-0.15, -0.1) is 0 Å². The van der Waals surface area contributed by atoms with Crippen molar-refractivity contribution in [1.82, 2.24) is 4.90 Å². The number of amidine groups is 1. The Labute approximate surface area is 81.0 Å². The lowest BCUT2D eigenvalue weighted by Gasteiger charge is -2.20. The molecule has 0 radical (unpaired) electrons. The van der Waals surface area contributed by atoms with E-state index in [9.17, 15) is 4.21 Å². The molecule has 0 rings (SSSR count). The standard InChI is InChI=1S/C8H13N3OS/c1-5-10-8(13(4)12)11(3)7(2)6-9/h5,7H,1H2,2-4H3. The largest absolute Gasteiger partial charge is 0.336 e. The molecule has 4 nitrogen and oxygen atoms in total. The van der Waals surface area contributed by atoms with E-state index in [1.165, 1.54) is 12.5 Å². The number of aliphatic imine (C=N–C) groups is 1. The lowest BCUT2D eigenvalue weighted by molar-refractivity contribution is 0.467. The second-order valence-electron chi connectivity index (χ2n) is 2.46. The predicted octanol–water partition coefficient (Wildman–Crippen LogP) is 0.708. The van der Waals surface area contributed by atoms with Gasteiger partial charge in [-0.05, 0) is 6.92 Å². The van der Waals surface area contributed by atoms with Gasteiger partial charge in [0, 0.05) is 19.5 Å². The van der Waals surface area contributed by atoms with E-state index in [-0.39, 0.29) is 6.04 Å². The van der Waals surface area contributed by atoms with Crippen LogP contribution in [-0.4, -0.2) is 33.6 Å². The highest BCUT2D eigenvalue weighted by molar-refractivity contribution is 7.99. The molecule has 0 saturated carbocycles. The molecule has 0 spiro atoms. The van der Waals surface area contributed by atoms with Crippen molar-refractivity contribution < 1.29 is 4.21 Å². The minimum atomic E-state index is -1.20. The van der Waals surface area contributed by atoms with Crippen molar-refractivity contribution in [2.75, 3.05) is 13.3 Å². The van der Waals surface area contributed by atoms with Crippen molar-refractivity contribution in [2.45, 2.75) is 13.0 Å². The quantitative estimate of drug-likeness (QED) is 0.486. The van der Waals surface area contributed by atoms with Gasteiger partial charge in [-0.2, -0.15) is 5.26 Å². The van der Waals surface area contributed by atoms with E-state index in [0.717, 1.165) is 0 Å². The molecule has 5 heteroatoms. The van der Waals surface area contributed by atoms with E-state index in [2.05, 4.69) is 11.6 Å². The molecule has 0 aromatic carbocycles. The van der Waals surface area contributed by atoms with Crippen molar-refractivity contribution in [1.29, 1.82) is 5.26 Å². The summed E-state index contributed by atoms with van der Waals surface area (Å²) in [7, 11) is 0.476. The third-order valence-electron chi connectivity index (χ3n) is 1.53. The highest BCUT2D eigenvalue weighted by atomic mass is 32.2. The van der Waals surface area contributed by atoms with Crippen molar-refractivity contribution in [3.8, 4) is 6.07 Å². The summed E-state index contributed by atoms with van der Waals surface area (Å²) in [6.07, 6.45) is 2.83. The average molecular weight is 199 g/mol. The van der Waals surface area contributed by atoms with E-state index >= 15 is 0 Å². The molecule has 0 saturated heterocycles. The minimum absolute atomic E-state index is 0.345. The van der Waals surface area contributed by atoms with Crippen LogP contribution in [-0.2, 0) is 10.8 Å². The second-order valence-corrected chi connectivity index (χ2v) is 3.74. The van der Waals surface area contributed by atoms with E-state index < -0.39 is 10.8 Å². The molecule has 2 unspecified atom stereocenters. The zero-order valence-electron chi connectivity index (χ0n) is 8.02. The van der Waals surface area contributed by atoms with Crippen molar-refractivity contribution in [2.24, 2.45) is 4.99 Å². The molecule has 72 valence electrons. The molecule has 0 aliphatic carbocycles. The van der Waals surface area contributed by atoms with Crippen LogP contribution in [0.1, 0.15) is 6.92 Å². The maximum atomic E-state index is 11.2. The molecule has 13 heavy (non-hydrogen) atoms. The third-order valence-corrected chi connectivity index (χ3v) is 2.44. The Balaban J connectivity index is 4.78. The lowest BCUT2D eigenvalue weighted by atomic mass is 10.4. The summed E-state index contributed by atoms with van der Waals surface area (Å²) in [4.78, 5) is 5.42. The normalized spacial score (nSPS) is 15.7. The van der Waals surface area contributed by atoms with Crippen molar-refractivity contribution in [3.63, 3.8) is 0 Å². The first-order valence-corrected chi connectivity index (χ1v) is 5.25. The van der Waals surface area contributed by atoms with E-state index in [4.69, 9.17) is 5.26 Å². The van der Waals surface area contributed by atoms with Crippen LogP contribution < -0.4 is 0 Å². The summed E-state index contributed by atoms with van der Waals surface area (Å²) < 4.78 is 11.2. The highest BCUT2D eigenvalue weighted by Crippen LogP contribution is 1.99. The Hall–Kier alpha value is -1.15. The third kappa shape index (κ3) is 3.38. The number of hydrogen-bond donors (Lipinski definition) is 0. The lowest BCUT2D eigenvalue weighted by Crippen LogP contribution is -2.36. The van der Waals surface area contributed by atoms with Crippen LogP contribution in [0.2, 0.25) is 0 Å². The predicted molar refractivity (Wildman–Crippen MR) is 54.5 cm³/mol. The second kappa shape index (κ2) is 5.49. The molecular weight excluding hydrogens is 186 g/mol. The molecule has 0 fully saturated rings. The smallest absolute Gasteiger partial charge is 0.195 e. The van der Waals surface area contributed by atoms with E-state index in [1.807, 2.05) is 6.07 Å². The maximum Gasteiger partial charge on any atom is 0.195 e. The first-order valence-electron chi connectivity index (χ1n) is 3.69. The van der Waals surface area contributed by atoms with Crippen LogP contribution in [0.3, 0.4) is 0 Å². The molecule has 0 bridgehead atoms. The maximum absolute atomic E-state index is 11.2. The SMILES string of the molecule is C=CN=C(N(C)C(C)C#N)S(C)=O. The fourth-order valence-electron chi connectivity index (χ4n) is 0.698. The van der Waals surface area contributed by atoms with Gasteiger partial charge in [-0.1, -0.05) is 6.58 Å².